The average Bonchev–Trinajstić information content (AvgIpc) is 3.20. The highest BCUT2D eigenvalue weighted by atomic mass is 16.5. The van der Waals surface area contributed by atoms with E-state index >= 15 is 0 Å². The molecule has 0 aromatic carbocycles. The first-order valence-corrected chi connectivity index (χ1v) is 11.7. The summed E-state index contributed by atoms with van der Waals surface area (Å²) in [6, 6.07) is 0. The molecule has 1 heteroatoms. The molecule has 0 aromatic rings. The van der Waals surface area contributed by atoms with E-state index in [1.807, 2.05) is 0 Å². The minimum absolute atomic E-state index is 0.0313. The Bertz CT molecular complexity index is 777. The van der Waals surface area contributed by atoms with E-state index in [0.717, 1.165) is 19.4 Å². The SMILES string of the molecule is CC1=C(C)C(C)(C)C(C2(C3=C(C(C)C)C(C)=C(C)C3(C)C)CCCO2)=C1C(C)C. The van der Waals surface area contributed by atoms with Crippen molar-refractivity contribution in [2.75, 3.05) is 6.61 Å². The Morgan fingerprint density at radius 2 is 1.07 bits per heavy atom. The maximum Gasteiger partial charge on any atom is 0.113 e. The highest BCUT2D eigenvalue weighted by Gasteiger charge is 2.57. The van der Waals surface area contributed by atoms with Crippen LogP contribution >= 0.6 is 0 Å². The molecule has 2 aliphatic carbocycles. The largest absolute Gasteiger partial charge is 0.366 e. The van der Waals surface area contributed by atoms with Crippen molar-refractivity contribution in [1.82, 2.24) is 0 Å². The van der Waals surface area contributed by atoms with Crippen LogP contribution in [0.15, 0.2) is 44.6 Å². The second-order valence-corrected chi connectivity index (χ2v) is 11.4. The van der Waals surface area contributed by atoms with Crippen LogP contribution in [-0.4, -0.2) is 12.2 Å². The van der Waals surface area contributed by atoms with Gasteiger partial charge in [0.25, 0.3) is 0 Å². The second kappa shape index (κ2) is 6.98. The fourth-order valence-electron chi connectivity index (χ4n) is 6.81. The first-order valence-electron chi connectivity index (χ1n) is 11.7. The van der Waals surface area contributed by atoms with Crippen LogP contribution in [0.2, 0.25) is 0 Å². The molecule has 1 nitrogen and oxygen atoms in total. The zero-order valence-corrected chi connectivity index (χ0v) is 21.2. The third-order valence-corrected chi connectivity index (χ3v) is 8.58. The molecular formula is C28H44O. The van der Waals surface area contributed by atoms with Gasteiger partial charge in [-0.2, -0.15) is 0 Å². The predicted molar refractivity (Wildman–Crippen MR) is 126 cm³/mol. The maximum absolute atomic E-state index is 6.96. The summed E-state index contributed by atoms with van der Waals surface area (Å²) < 4.78 is 6.96. The van der Waals surface area contributed by atoms with Crippen LogP contribution in [0, 0.1) is 22.7 Å². The molecule has 0 atom stereocenters. The molecule has 0 saturated carbocycles. The zero-order chi connectivity index (χ0) is 22.1. The molecule has 0 radical (unpaired) electrons. The van der Waals surface area contributed by atoms with Gasteiger partial charge in [-0.3, -0.25) is 0 Å². The lowest BCUT2D eigenvalue weighted by Crippen LogP contribution is -2.44. The normalized spacial score (nSPS) is 26.3. The monoisotopic (exact) mass is 396 g/mol. The van der Waals surface area contributed by atoms with Crippen molar-refractivity contribution >= 4 is 0 Å². The number of hydrogen-bond donors (Lipinski definition) is 0. The van der Waals surface area contributed by atoms with Gasteiger partial charge in [0.15, 0.2) is 0 Å². The molecule has 0 spiro atoms. The van der Waals surface area contributed by atoms with Crippen LogP contribution in [-0.2, 0) is 4.74 Å². The summed E-state index contributed by atoms with van der Waals surface area (Å²) in [6.45, 7) is 29.4. The molecule has 1 fully saturated rings. The maximum atomic E-state index is 6.96. The van der Waals surface area contributed by atoms with Crippen LogP contribution < -0.4 is 0 Å². The van der Waals surface area contributed by atoms with Gasteiger partial charge in [0, 0.05) is 17.4 Å². The van der Waals surface area contributed by atoms with E-state index in [-0.39, 0.29) is 16.4 Å². The molecule has 1 heterocycles. The van der Waals surface area contributed by atoms with Gasteiger partial charge >= 0.3 is 0 Å². The molecule has 162 valence electrons. The molecule has 1 saturated heterocycles. The molecule has 1 aliphatic heterocycles. The van der Waals surface area contributed by atoms with Crippen LogP contribution in [0.5, 0.6) is 0 Å². The summed E-state index contributed by atoms with van der Waals surface area (Å²) >= 11 is 0. The van der Waals surface area contributed by atoms with Gasteiger partial charge in [-0.15, -0.1) is 0 Å². The van der Waals surface area contributed by atoms with Gasteiger partial charge in [0.2, 0.25) is 0 Å². The van der Waals surface area contributed by atoms with E-state index in [0.29, 0.717) is 11.8 Å². The van der Waals surface area contributed by atoms with Gasteiger partial charge < -0.3 is 4.74 Å². The minimum Gasteiger partial charge on any atom is -0.366 e. The van der Waals surface area contributed by atoms with Crippen molar-refractivity contribution in [2.45, 2.75) is 102 Å². The Morgan fingerprint density at radius 1 is 0.690 bits per heavy atom. The first kappa shape index (κ1) is 22.6. The van der Waals surface area contributed by atoms with Gasteiger partial charge in [-0.25, -0.2) is 0 Å². The Kier molecular flexibility index (Phi) is 5.44. The van der Waals surface area contributed by atoms with E-state index in [2.05, 4.69) is 83.1 Å². The molecular weight excluding hydrogens is 352 g/mol. The van der Waals surface area contributed by atoms with Crippen molar-refractivity contribution in [3.63, 3.8) is 0 Å². The quantitative estimate of drug-likeness (QED) is 0.465. The van der Waals surface area contributed by atoms with Gasteiger partial charge in [-0.1, -0.05) is 66.5 Å². The van der Waals surface area contributed by atoms with Crippen molar-refractivity contribution in [3.05, 3.63) is 44.6 Å². The summed E-state index contributed by atoms with van der Waals surface area (Å²) in [5, 5.41) is 0. The highest BCUT2D eigenvalue weighted by Crippen LogP contribution is 2.63. The van der Waals surface area contributed by atoms with Crippen molar-refractivity contribution in [1.29, 1.82) is 0 Å². The standard InChI is InChI=1S/C28H44O/c1-16(2)22-18(5)20(7)26(9,10)24(22)28(14-13-15-29-28)25-23(17(3)4)19(6)21(8)27(25,11)12/h16-17H,13-15H2,1-12H3. The summed E-state index contributed by atoms with van der Waals surface area (Å²) in [6.07, 6.45) is 2.25. The Labute approximate surface area is 180 Å². The second-order valence-electron chi connectivity index (χ2n) is 11.4. The summed E-state index contributed by atoms with van der Waals surface area (Å²) in [7, 11) is 0. The van der Waals surface area contributed by atoms with Crippen molar-refractivity contribution in [2.24, 2.45) is 22.7 Å². The zero-order valence-electron chi connectivity index (χ0n) is 21.2. The van der Waals surface area contributed by atoms with Crippen molar-refractivity contribution < 1.29 is 4.74 Å². The molecule has 0 bridgehead atoms. The Balaban J connectivity index is 2.42. The lowest BCUT2D eigenvalue weighted by atomic mass is 9.62. The smallest absolute Gasteiger partial charge is 0.113 e. The minimum atomic E-state index is -0.274. The third kappa shape index (κ3) is 2.90. The third-order valence-electron chi connectivity index (χ3n) is 8.58. The summed E-state index contributed by atoms with van der Waals surface area (Å²) in [5.74, 6) is 1.01. The van der Waals surface area contributed by atoms with Gasteiger partial charge in [0.1, 0.15) is 5.60 Å². The van der Waals surface area contributed by atoms with Gasteiger partial charge in [-0.05, 0) is 85.8 Å². The Morgan fingerprint density at radius 3 is 1.34 bits per heavy atom. The number of hydrogen-bond acceptors (Lipinski definition) is 1. The van der Waals surface area contributed by atoms with E-state index in [1.165, 1.54) is 22.3 Å². The van der Waals surface area contributed by atoms with Crippen LogP contribution in [0.4, 0.5) is 0 Å². The molecule has 0 aromatic heterocycles. The average molecular weight is 397 g/mol. The molecule has 0 unspecified atom stereocenters. The Hall–Kier alpha value is -1.08. The molecule has 0 N–H and O–H groups in total. The summed E-state index contributed by atoms with van der Waals surface area (Å²) in [5.41, 5.74) is 12.1. The highest BCUT2D eigenvalue weighted by molar-refractivity contribution is 5.64. The first-order chi connectivity index (χ1) is 13.2. The van der Waals surface area contributed by atoms with Gasteiger partial charge in [0.05, 0.1) is 0 Å². The van der Waals surface area contributed by atoms with E-state index in [4.69, 9.17) is 4.74 Å². The fourth-order valence-corrected chi connectivity index (χ4v) is 6.81. The number of ether oxygens (including phenoxy) is 1. The van der Waals surface area contributed by atoms with E-state index in [1.54, 1.807) is 22.3 Å². The summed E-state index contributed by atoms with van der Waals surface area (Å²) in [4.78, 5) is 0. The van der Waals surface area contributed by atoms with Crippen molar-refractivity contribution in [3.8, 4) is 0 Å². The van der Waals surface area contributed by atoms with Crippen LogP contribution in [0.25, 0.3) is 0 Å². The lowest BCUT2D eigenvalue weighted by molar-refractivity contribution is 0.0396. The molecule has 0 amide bonds. The molecule has 3 aliphatic rings. The number of rotatable bonds is 4. The molecule has 3 rings (SSSR count). The van der Waals surface area contributed by atoms with Crippen LogP contribution in [0.1, 0.15) is 95.9 Å². The topological polar surface area (TPSA) is 9.23 Å². The van der Waals surface area contributed by atoms with E-state index in [9.17, 15) is 0 Å². The predicted octanol–water partition coefficient (Wildman–Crippen LogP) is 8.19. The molecule has 29 heavy (non-hydrogen) atoms. The fraction of sp³-hybridized carbons (Fsp3) is 0.714. The number of allylic oxidation sites excluding steroid dienone is 6. The lowest BCUT2D eigenvalue weighted by Gasteiger charge is -2.46. The van der Waals surface area contributed by atoms with Crippen LogP contribution in [0.3, 0.4) is 0 Å². The van der Waals surface area contributed by atoms with E-state index < -0.39 is 0 Å².